The van der Waals surface area contributed by atoms with Crippen LogP contribution in [-0.2, 0) is 11.3 Å². The third-order valence-electron chi connectivity index (χ3n) is 5.69. The lowest BCUT2D eigenvalue weighted by atomic mass is 10.1. The predicted molar refractivity (Wildman–Crippen MR) is 139 cm³/mol. The number of aryl methyl sites for hydroxylation is 1. The van der Waals surface area contributed by atoms with E-state index in [-0.39, 0.29) is 5.91 Å². The summed E-state index contributed by atoms with van der Waals surface area (Å²) in [4.78, 5) is 17.9. The first-order valence-electron chi connectivity index (χ1n) is 10.7. The maximum absolute atomic E-state index is 12.7. The molecule has 4 nitrogen and oxygen atoms in total. The van der Waals surface area contributed by atoms with Crippen LogP contribution in [0.1, 0.15) is 22.3 Å². The molecule has 5 rings (SSSR count). The van der Waals surface area contributed by atoms with Crippen molar-refractivity contribution >= 4 is 57.1 Å². The highest BCUT2D eigenvalue weighted by molar-refractivity contribution is 8.18. The summed E-state index contributed by atoms with van der Waals surface area (Å²) in [7, 11) is 0. The van der Waals surface area contributed by atoms with E-state index in [4.69, 9.17) is 11.6 Å². The fourth-order valence-electron chi connectivity index (χ4n) is 3.86. The van der Waals surface area contributed by atoms with Crippen molar-refractivity contribution in [1.82, 2.24) is 9.88 Å². The summed E-state index contributed by atoms with van der Waals surface area (Å²) in [6.07, 6.45) is 4.06. The number of nitrogens with one attached hydrogen (secondary N) is 1. The van der Waals surface area contributed by atoms with Crippen LogP contribution in [0.25, 0.3) is 17.0 Å². The SMILES string of the molecule is Cc1ccc(Cn2cc(/C=C3/SC(=Nc4cccc(Cl)c4C)NC3=O)c3ccccc32)cc1. The Labute approximate surface area is 202 Å². The van der Waals surface area contributed by atoms with Crippen LogP contribution in [0, 0.1) is 13.8 Å². The monoisotopic (exact) mass is 471 g/mol. The number of hydrogen-bond donors (Lipinski definition) is 1. The van der Waals surface area contributed by atoms with Crippen LogP contribution < -0.4 is 5.32 Å². The first-order chi connectivity index (χ1) is 16.0. The van der Waals surface area contributed by atoms with Crippen molar-refractivity contribution < 1.29 is 4.79 Å². The molecule has 0 atom stereocenters. The number of amidine groups is 1. The molecule has 4 aromatic rings. The van der Waals surface area contributed by atoms with Crippen molar-refractivity contribution in [3.63, 3.8) is 0 Å². The van der Waals surface area contributed by atoms with E-state index >= 15 is 0 Å². The Morgan fingerprint density at radius 3 is 2.64 bits per heavy atom. The first kappa shape index (κ1) is 21.6. The van der Waals surface area contributed by atoms with E-state index in [1.54, 1.807) is 0 Å². The molecule has 1 aliphatic rings. The molecule has 1 fully saturated rings. The molecule has 3 aromatic carbocycles. The van der Waals surface area contributed by atoms with Crippen LogP contribution in [0.5, 0.6) is 0 Å². The second-order valence-electron chi connectivity index (χ2n) is 8.08. The van der Waals surface area contributed by atoms with E-state index in [1.807, 2.05) is 43.3 Å². The number of carbonyl (C=O) groups is 1. The van der Waals surface area contributed by atoms with Crippen molar-refractivity contribution in [3.8, 4) is 0 Å². The van der Waals surface area contributed by atoms with Gasteiger partial charge in [-0.1, -0.05) is 65.7 Å². The van der Waals surface area contributed by atoms with Gasteiger partial charge in [0, 0.05) is 34.2 Å². The summed E-state index contributed by atoms with van der Waals surface area (Å²) in [6.45, 7) is 4.78. The molecular weight excluding hydrogens is 450 g/mol. The number of halogens is 1. The number of aromatic nitrogens is 1. The lowest BCUT2D eigenvalue weighted by Gasteiger charge is -2.06. The average molecular weight is 472 g/mol. The van der Waals surface area contributed by atoms with Crippen molar-refractivity contribution in [3.05, 3.63) is 105 Å². The number of hydrogen-bond acceptors (Lipinski definition) is 3. The first-order valence-corrected chi connectivity index (χ1v) is 11.9. The highest BCUT2D eigenvalue weighted by atomic mass is 35.5. The minimum absolute atomic E-state index is 0.145. The molecule has 2 heterocycles. The molecule has 1 aliphatic heterocycles. The van der Waals surface area contributed by atoms with Crippen LogP contribution in [0.4, 0.5) is 5.69 Å². The fraction of sp³-hybridized carbons (Fsp3) is 0.111. The van der Waals surface area contributed by atoms with E-state index in [0.717, 1.165) is 34.3 Å². The minimum Gasteiger partial charge on any atom is -0.342 e. The van der Waals surface area contributed by atoms with Gasteiger partial charge in [-0.2, -0.15) is 0 Å². The maximum atomic E-state index is 12.7. The van der Waals surface area contributed by atoms with Gasteiger partial charge in [-0.15, -0.1) is 0 Å². The third-order valence-corrected chi connectivity index (χ3v) is 7.01. The Morgan fingerprint density at radius 1 is 1.03 bits per heavy atom. The topological polar surface area (TPSA) is 46.4 Å². The third kappa shape index (κ3) is 4.47. The molecule has 164 valence electrons. The van der Waals surface area contributed by atoms with Gasteiger partial charge in [-0.3, -0.25) is 4.79 Å². The number of benzene rings is 3. The lowest BCUT2D eigenvalue weighted by Crippen LogP contribution is -2.19. The van der Waals surface area contributed by atoms with E-state index in [2.05, 4.69) is 64.4 Å². The Morgan fingerprint density at radius 2 is 1.82 bits per heavy atom. The lowest BCUT2D eigenvalue weighted by molar-refractivity contribution is -0.115. The zero-order chi connectivity index (χ0) is 22.9. The molecule has 0 radical (unpaired) electrons. The Bertz CT molecular complexity index is 1430. The second-order valence-corrected chi connectivity index (χ2v) is 9.52. The van der Waals surface area contributed by atoms with Gasteiger partial charge in [0.15, 0.2) is 5.17 Å². The summed E-state index contributed by atoms with van der Waals surface area (Å²) < 4.78 is 2.23. The smallest absolute Gasteiger partial charge is 0.264 e. The Kier molecular flexibility index (Phi) is 5.83. The highest BCUT2D eigenvalue weighted by Crippen LogP contribution is 2.33. The number of thioether (sulfide) groups is 1. The largest absolute Gasteiger partial charge is 0.342 e. The molecule has 0 unspecified atom stereocenters. The van der Waals surface area contributed by atoms with Gasteiger partial charge >= 0.3 is 0 Å². The summed E-state index contributed by atoms with van der Waals surface area (Å²) in [5, 5.41) is 5.20. The van der Waals surface area contributed by atoms with Crippen LogP contribution in [0.15, 0.2) is 82.8 Å². The average Bonchev–Trinajstić information content (AvgIpc) is 3.33. The Balaban J connectivity index is 1.47. The summed E-state index contributed by atoms with van der Waals surface area (Å²) >= 11 is 7.55. The molecule has 33 heavy (non-hydrogen) atoms. The molecular formula is C27H22ClN3OS. The normalized spacial score (nSPS) is 16.2. The number of amides is 1. The molecule has 1 aromatic heterocycles. The summed E-state index contributed by atoms with van der Waals surface area (Å²) in [5.74, 6) is -0.145. The molecule has 1 saturated heterocycles. The number of nitrogens with zero attached hydrogens (tertiary/aromatic N) is 2. The number of aliphatic imine (C=N–C) groups is 1. The van der Waals surface area contributed by atoms with Crippen molar-refractivity contribution in [2.45, 2.75) is 20.4 Å². The second kappa shape index (κ2) is 8.93. The van der Waals surface area contributed by atoms with Gasteiger partial charge in [0.1, 0.15) is 0 Å². The quantitative estimate of drug-likeness (QED) is 0.331. The molecule has 0 saturated carbocycles. The van der Waals surface area contributed by atoms with Crippen LogP contribution in [0.2, 0.25) is 5.02 Å². The zero-order valence-corrected chi connectivity index (χ0v) is 19.9. The minimum atomic E-state index is -0.145. The number of carbonyl (C=O) groups excluding carboxylic acids is 1. The molecule has 1 amide bonds. The maximum Gasteiger partial charge on any atom is 0.264 e. The van der Waals surface area contributed by atoms with Gasteiger partial charge < -0.3 is 9.88 Å². The zero-order valence-electron chi connectivity index (χ0n) is 18.3. The van der Waals surface area contributed by atoms with E-state index in [9.17, 15) is 4.79 Å². The summed E-state index contributed by atoms with van der Waals surface area (Å²) in [6, 6.07) is 22.4. The van der Waals surface area contributed by atoms with Crippen LogP contribution >= 0.6 is 23.4 Å². The van der Waals surface area contributed by atoms with Crippen molar-refractivity contribution in [2.24, 2.45) is 4.99 Å². The van der Waals surface area contributed by atoms with Crippen molar-refractivity contribution in [2.75, 3.05) is 0 Å². The molecule has 0 aliphatic carbocycles. The van der Waals surface area contributed by atoms with Gasteiger partial charge in [-0.05, 0) is 61.0 Å². The predicted octanol–water partition coefficient (Wildman–Crippen LogP) is 6.85. The standard InChI is InChI=1S/C27H22ClN3OS/c1-17-10-12-19(13-11-17)15-31-16-20(21-6-3-4-9-24(21)31)14-25-26(32)30-27(33-25)29-23-8-5-7-22(28)18(23)2/h3-14,16H,15H2,1-2H3,(H,29,30,32)/b25-14+. The highest BCUT2D eigenvalue weighted by Gasteiger charge is 2.24. The van der Waals surface area contributed by atoms with Gasteiger partial charge in [0.05, 0.1) is 10.6 Å². The summed E-state index contributed by atoms with van der Waals surface area (Å²) in [5.41, 5.74) is 6.27. The van der Waals surface area contributed by atoms with Gasteiger partial charge in [0.25, 0.3) is 5.91 Å². The van der Waals surface area contributed by atoms with E-state index in [1.165, 1.54) is 22.9 Å². The number of fused-ring (bicyclic) bond motifs is 1. The van der Waals surface area contributed by atoms with Crippen molar-refractivity contribution in [1.29, 1.82) is 0 Å². The van der Waals surface area contributed by atoms with E-state index in [0.29, 0.717) is 15.1 Å². The van der Waals surface area contributed by atoms with Crippen LogP contribution in [-0.4, -0.2) is 15.6 Å². The molecule has 6 heteroatoms. The van der Waals surface area contributed by atoms with Gasteiger partial charge in [-0.25, -0.2) is 4.99 Å². The van der Waals surface area contributed by atoms with Gasteiger partial charge in [0.2, 0.25) is 0 Å². The van der Waals surface area contributed by atoms with E-state index < -0.39 is 0 Å². The number of rotatable bonds is 4. The molecule has 0 bridgehead atoms. The molecule has 1 N–H and O–H groups in total. The molecule has 0 spiro atoms. The Hall–Kier alpha value is -3.28. The fourth-order valence-corrected chi connectivity index (χ4v) is 4.85. The number of para-hydroxylation sites is 1. The van der Waals surface area contributed by atoms with Crippen LogP contribution in [0.3, 0.4) is 0 Å².